The van der Waals surface area contributed by atoms with Crippen LogP contribution in [0.5, 0.6) is 0 Å². The predicted molar refractivity (Wildman–Crippen MR) is 121 cm³/mol. The van der Waals surface area contributed by atoms with Crippen LogP contribution in [-0.4, -0.2) is 20.6 Å². The third-order valence-corrected chi connectivity index (χ3v) is 4.92. The molecular weight excluding hydrogens is 408 g/mol. The first kappa shape index (κ1) is 20.7. The molecule has 0 bridgehead atoms. The molecule has 8 heteroatoms. The molecule has 0 unspecified atom stereocenters. The maximum Gasteiger partial charge on any atom is 0.280 e. The van der Waals surface area contributed by atoms with Crippen LogP contribution < -0.4 is 10.9 Å². The van der Waals surface area contributed by atoms with Crippen LogP contribution in [0.4, 0.5) is 11.4 Å². The number of aromatic nitrogens is 2. The maximum absolute atomic E-state index is 13.3. The Hall–Kier alpha value is -4.59. The van der Waals surface area contributed by atoms with E-state index < -0.39 is 16.4 Å². The topological polar surface area (TPSA) is 107 Å². The van der Waals surface area contributed by atoms with E-state index in [0.717, 1.165) is 10.2 Å². The van der Waals surface area contributed by atoms with Gasteiger partial charge in [-0.05, 0) is 17.7 Å². The first-order valence-electron chi connectivity index (χ1n) is 9.73. The molecule has 3 aromatic carbocycles. The Morgan fingerprint density at radius 3 is 2.03 bits per heavy atom. The second kappa shape index (κ2) is 8.65. The maximum atomic E-state index is 13.3. The highest BCUT2D eigenvalue weighted by atomic mass is 16.6. The number of nitrogens with zero attached hydrogens (tertiary/aromatic N) is 3. The van der Waals surface area contributed by atoms with Gasteiger partial charge in [-0.1, -0.05) is 60.7 Å². The average molecular weight is 426 g/mol. The van der Waals surface area contributed by atoms with E-state index in [-0.39, 0.29) is 11.3 Å². The van der Waals surface area contributed by atoms with E-state index in [1.807, 2.05) is 60.7 Å². The van der Waals surface area contributed by atoms with Gasteiger partial charge in [0.15, 0.2) is 0 Å². The minimum Gasteiger partial charge on any atom is -0.322 e. The molecular formula is C24H18N4O4. The van der Waals surface area contributed by atoms with E-state index >= 15 is 0 Å². The molecule has 1 amide bonds. The van der Waals surface area contributed by atoms with E-state index in [9.17, 15) is 19.7 Å². The van der Waals surface area contributed by atoms with E-state index in [2.05, 4.69) is 10.4 Å². The number of carbonyl (C=O) groups excluding carboxylic acids is 1. The van der Waals surface area contributed by atoms with Gasteiger partial charge in [0.25, 0.3) is 17.2 Å². The number of nitro benzene ring substituents is 1. The van der Waals surface area contributed by atoms with Gasteiger partial charge in [0, 0.05) is 36.0 Å². The highest BCUT2D eigenvalue weighted by Crippen LogP contribution is 2.32. The molecule has 0 aliphatic rings. The molecule has 1 N–H and O–H groups in total. The standard InChI is InChI=1S/C24H18N4O4/c1-27-24(30)21(23(29)25-18-12-14-19(15-13-18)28(31)32)20(16-8-4-2-5-9-16)22(26-27)17-10-6-3-7-11-17/h2-15H,1H3,(H,25,29). The molecule has 0 saturated heterocycles. The molecule has 32 heavy (non-hydrogen) atoms. The van der Waals surface area contributed by atoms with Crippen LogP contribution in [0, 0.1) is 10.1 Å². The second-order valence-electron chi connectivity index (χ2n) is 7.02. The number of carbonyl (C=O) groups is 1. The lowest BCUT2D eigenvalue weighted by Gasteiger charge is -2.16. The van der Waals surface area contributed by atoms with Crippen molar-refractivity contribution in [2.45, 2.75) is 0 Å². The minimum atomic E-state index is -0.627. The normalized spacial score (nSPS) is 10.5. The van der Waals surface area contributed by atoms with Crippen molar-refractivity contribution in [1.29, 1.82) is 0 Å². The smallest absolute Gasteiger partial charge is 0.280 e. The zero-order valence-electron chi connectivity index (χ0n) is 17.1. The minimum absolute atomic E-state index is 0.0640. The number of rotatable bonds is 5. The molecule has 0 fully saturated rings. The largest absolute Gasteiger partial charge is 0.322 e. The van der Waals surface area contributed by atoms with Crippen molar-refractivity contribution in [3.8, 4) is 22.4 Å². The van der Waals surface area contributed by atoms with E-state index in [1.165, 1.54) is 31.3 Å². The van der Waals surface area contributed by atoms with Gasteiger partial charge in [0.2, 0.25) is 0 Å². The van der Waals surface area contributed by atoms with Gasteiger partial charge in [-0.2, -0.15) is 5.10 Å². The summed E-state index contributed by atoms with van der Waals surface area (Å²) in [7, 11) is 1.49. The summed E-state index contributed by atoms with van der Waals surface area (Å²) in [5.74, 6) is -0.627. The molecule has 0 saturated carbocycles. The number of hydrogen-bond donors (Lipinski definition) is 1. The summed E-state index contributed by atoms with van der Waals surface area (Å²) >= 11 is 0. The summed E-state index contributed by atoms with van der Waals surface area (Å²) in [5.41, 5.74) is 1.96. The van der Waals surface area contributed by atoms with Crippen LogP contribution in [0.15, 0.2) is 89.7 Å². The molecule has 0 radical (unpaired) electrons. The van der Waals surface area contributed by atoms with Crippen LogP contribution >= 0.6 is 0 Å². The summed E-state index contributed by atoms with van der Waals surface area (Å²) < 4.78 is 1.14. The lowest BCUT2D eigenvalue weighted by atomic mass is 9.95. The van der Waals surface area contributed by atoms with Gasteiger partial charge in [-0.3, -0.25) is 19.7 Å². The average Bonchev–Trinajstić information content (AvgIpc) is 2.81. The number of anilines is 1. The van der Waals surface area contributed by atoms with Crippen LogP contribution in [0.3, 0.4) is 0 Å². The van der Waals surface area contributed by atoms with Gasteiger partial charge in [-0.25, -0.2) is 4.68 Å². The zero-order chi connectivity index (χ0) is 22.7. The van der Waals surface area contributed by atoms with Crippen molar-refractivity contribution in [1.82, 2.24) is 9.78 Å². The van der Waals surface area contributed by atoms with Gasteiger partial charge < -0.3 is 5.32 Å². The highest BCUT2D eigenvalue weighted by molar-refractivity contribution is 6.10. The molecule has 1 aromatic heterocycles. The Morgan fingerprint density at radius 1 is 0.906 bits per heavy atom. The van der Waals surface area contributed by atoms with Gasteiger partial charge >= 0.3 is 0 Å². The Morgan fingerprint density at radius 2 is 1.47 bits per heavy atom. The number of benzene rings is 3. The van der Waals surface area contributed by atoms with Gasteiger partial charge in [-0.15, -0.1) is 0 Å². The zero-order valence-corrected chi connectivity index (χ0v) is 17.1. The molecule has 1 heterocycles. The van der Waals surface area contributed by atoms with E-state index in [0.29, 0.717) is 22.5 Å². The monoisotopic (exact) mass is 426 g/mol. The lowest BCUT2D eigenvalue weighted by Crippen LogP contribution is -2.31. The fourth-order valence-corrected chi connectivity index (χ4v) is 3.39. The fraction of sp³-hybridized carbons (Fsp3) is 0.0417. The number of non-ortho nitro benzene ring substituents is 1. The lowest BCUT2D eigenvalue weighted by molar-refractivity contribution is -0.384. The van der Waals surface area contributed by atoms with Crippen molar-refractivity contribution in [2.24, 2.45) is 7.05 Å². The molecule has 0 atom stereocenters. The molecule has 158 valence electrons. The first-order valence-corrected chi connectivity index (χ1v) is 9.73. The summed E-state index contributed by atoms with van der Waals surface area (Å²) in [4.78, 5) is 36.7. The first-order chi connectivity index (χ1) is 15.5. The Balaban J connectivity index is 1.89. The summed E-state index contributed by atoms with van der Waals surface area (Å²) in [6, 6.07) is 23.8. The molecule has 8 nitrogen and oxygen atoms in total. The molecule has 4 rings (SSSR count). The molecule has 0 spiro atoms. The van der Waals surface area contributed by atoms with Crippen LogP contribution in [-0.2, 0) is 7.05 Å². The van der Waals surface area contributed by atoms with Crippen LogP contribution in [0.2, 0.25) is 0 Å². The number of nitro groups is 1. The molecule has 4 aromatic rings. The molecule has 0 aliphatic heterocycles. The molecule has 0 aliphatic carbocycles. The third kappa shape index (κ3) is 4.01. The number of hydrogen-bond acceptors (Lipinski definition) is 5. The van der Waals surface area contributed by atoms with E-state index in [4.69, 9.17) is 0 Å². The van der Waals surface area contributed by atoms with Crippen molar-refractivity contribution in [2.75, 3.05) is 5.32 Å². The fourth-order valence-electron chi connectivity index (χ4n) is 3.39. The number of aryl methyl sites for hydroxylation is 1. The SMILES string of the molecule is Cn1nc(-c2ccccc2)c(-c2ccccc2)c(C(=O)Nc2ccc([N+](=O)[O-])cc2)c1=O. The quantitative estimate of drug-likeness (QED) is 0.379. The summed E-state index contributed by atoms with van der Waals surface area (Å²) in [6.07, 6.45) is 0. The van der Waals surface area contributed by atoms with Crippen molar-refractivity contribution < 1.29 is 9.72 Å². The van der Waals surface area contributed by atoms with Crippen molar-refractivity contribution in [3.63, 3.8) is 0 Å². The van der Waals surface area contributed by atoms with Gasteiger partial charge in [0.1, 0.15) is 5.56 Å². The predicted octanol–water partition coefficient (Wildman–Crippen LogP) is 4.27. The Kier molecular flexibility index (Phi) is 5.59. The number of nitrogens with one attached hydrogen (secondary N) is 1. The second-order valence-corrected chi connectivity index (χ2v) is 7.02. The third-order valence-electron chi connectivity index (χ3n) is 4.92. The summed E-state index contributed by atoms with van der Waals surface area (Å²) in [5, 5.41) is 18.0. The number of amides is 1. The van der Waals surface area contributed by atoms with Gasteiger partial charge in [0.05, 0.1) is 10.6 Å². The Bertz CT molecular complexity index is 1350. The van der Waals surface area contributed by atoms with Crippen LogP contribution in [0.1, 0.15) is 10.4 Å². The summed E-state index contributed by atoms with van der Waals surface area (Å²) in [6.45, 7) is 0. The van der Waals surface area contributed by atoms with Crippen molar-refractivity contribution >= 4 is 17.3 Å². The van der Waals surface area contributed by atoms with Crippen LogP contribution in [0.25, 0.3) is 22.4 Å². The van der Waals surface area contributed by atoms with E-state index in [1.54, 1.807) is 0 Å². The van der Waals surface area contributed by atoms with Crippen molar-refractivity contribution in [3.05, 3.63) is 111 Å². The Labute approximate surface area is 182 Å². The highest BCUT2D eigenvalue weighted by Gasteiger charge is 2.24.